The molecule has 1 atom stereocenters. The third kappa shape index (κ3) is 3.90. The lowest BCUT2D eigenvalue weighted by Gasteiger charge is -2.10. The zero-order chi connectivity index (χ0) is 17.9. The number of fused-ring (bicyclic) bond motifs is 1. The molecule has 134 valence electrons. The van der Waals surface area contributed by atoms with Crippen LogP contribution in [0.25, 0.3) is 10.1 Å². The van der Waals surface area contributed by atoms with Crippen LogP contribution in [0.1, 0.15) is 12.8 Å². The molecule has 26 heavy (non-hydrogen) atoms. The number of anilines is 1. The number of benzene rings is 1. The Morgan fingerprint density at radius 3 is 2.92 bits per heavy atom. The highest BCUT2D eigenvalue weighted by Gasteiger charge is 2.20. The van der Waals surface area contributed by atoms with Gasteiger partial charge in [-0.3, -0.25) is 10.3 Å². The van der Waals surface area contributed by atoms with Gasteiger partial charge in [0.1, 0.15) is 5.75 Å². The number of hydrogen-bond acceptors (Lipinski definition) is 6. The maximum atomic E-state index is 12.0. The van der Waals surface area contributed by atoms with Gasteiger partial charge in [0.25, 0.3) is 0 Å². The summed E-state index contributed by atoms with van der Waals surface area (Å²) in [5.74, 6) is 1.25. The summed E-state index contributed by atoms with van der Waals surface area (Å²) in [5, 5.41) is 4.88. The van der Waals surface area contributed by atoms with Gasteiger partial charge in [-0.15, -0.1) is 11.3 Å². The van der Waals surface area contributed by atoms with Crippen LogP contribution in [-0.4, -0.2) is 24.0 Å². The van der Waals surface area contributed by atoms with Gasteiger partial charge in [-0.2, -0.15) is 0 Å². The van der Waals surface area contributed by atoms with Gasteiger partial charge in [0.2, 0.25) is 6.29 Å². The summed E-state index contributed by atoms with van der Waals surface area (Å²) in [4.78, 5) is 16.2. The maximum absolute atomic E-state index is 12.0. The SMILES string of the molecule is O=C(Nc1cc2c(Oc3ccc(Cl)cc3)cncc2s1)OC1CCCO1. The molecule has 1 fully saturated rings. The number of carbonyl (C=O) groups is 1. The second-order valence-corrected chi connectivity index (χ2v) is 7.21. The zero-order valence-corrected chi connectivity index (χ0v) is 15.2. The van der Waals surface area contributed by atoms with E-state index in [0.717, 1.165) is 22.9 Å². The highest BCUT2D eigenvalue weighted by molar-refractivity contribution is 7.23. The van der Waals surface area contributed by atoms with Crippen LogP contribution in [0.4, 0.5) is 9.80 Å². The minimum atomic E-state index is -0.531. The summed E-state index contributed by atoms with van der Waals surface area (Å²) in [6, 6.07) is 8.92. The van der Waals surface area contributed by atoms with Gasteiger partial charge in [0, 0.05) is 23.0 Å². The number of amides is 1. The molecule has 0 saturated carbocycles. The molecule has 1 aromatic carbocycles. The molecule has 3 heterocycles. The van der Waals surface area contributed by atoms with E-state index < -0.39 is 12.4 Å². The number of rotatable bonds is 4. The summed E-state index contributed by atoms with van der Waals surface area (Å²) >= 11 is 7.29. The van der Waals surface area contributed by atoms with Crippen molar-refractivity contribution >= 4 is 44.1 Å². The standard InChI is InChI=1S/C18H15ClN2O4S/c19-11-3-5-12(6-4-11)24-14-9-20-10-15-13(14)8-16(26-15)21-18(22)25-17-2-1-7-23-17/h3-6,8-10,17H,1-2,7H2,(H,21,22). The van der Waals surface area contributed by atoms with Gasteiger partial charge in [-0.1, -0.05) is 11.6 Å². The molecule has 2 aromatic heterocycles. The summed E-state index contributed by atoms with van der Waals surface area (Å²) in [6.07, 6.45) is 4.00. The normalized spacial score (nSPS) is 16.6. The number of nitrogens with zero attached hydrogens (tertiary/aromatic N) is 1. The fourth-order valence-corrected chi connectivity index (χ4v) is 3.66. The van der Waals surface area contributed by atoms with E-state index in [0.29, 0.717) is 28.1 Å². The molecule has 1 saturated heterocycles. The first-order chi connectivity index (χ1) is 12.7. The van der Waals surface area contributed by atoms with E-state index in [1.54, 1.807) is 36.7 Å². The van der Waals surface area contributed by atoms with E-state index in [1.165, 1.54) is 11.3 Å². The molecular weight excluding hydrogens is 376 g/mol. The highest BCUT2D eigenvalue weighted by atomic mass is 35.5. The number of nitrogens with one attached hydrogen (secondary N) is 1. The predicted molar refractivity (Wildman–Crippen MR) is 100 cm³/mol. The van der Waals surface area contributed by atoms with Crippen molar-refractivity contribution in [2.24, 2.45) is 0 Å². The molecule has 1 amide bonds. The van der Waals surface area contributed by atoms with Crippen LogP contribution in [-0.2, 0) is 9.47 Å². The largest absolute Gasteiger partial charge is 0.455 e. The van der Waals surface area contributed by atoms with Crippen molar-refractivity contribution in [3.8, 4) is 11.5 Å². The minimum absolute atomic E-state index is 0.463. The Kier molecular flexibility index (Phi) is 4.92. The summed E-state index contributed by atoms with van der Waals surface area (Å²) in [5.41, 5.74) is 0. The Labute approximate surface area is 158 Å². The lowest BCUT2D eigenvalue weighted by molar-refractivity contribution is -0.0633. The van der Waals surface area contributed by atoms with E-state index in [9.17, 15) is 4.79 Å². The number of carbonyl (C=O) groups excluding carboxylic acids is 1. The number of aromatic nitrogens is 1. The maximum Gasteiger partial charge on any atom is 0.414 e. The van der Waals surface area contributed by atoms with Crippen LogP contribution in [0.3, 0.4) is 0 Å². The Morgan fingerprint density at radius 2 is 2.15 bits per heavy atom. The molecule has 1 unspecified atom stereocenters. The topological polar surface area (TPSA) is 69.7 Å². The molecule has 0 bridgehead atoms. The molecule has 3 aromatic rings. The molecule has 8 heteroatoms. The van der Waals surface area contributed by atoms with Crippen LogP contribution in [0.5, 0.6) is 11.5 Å². The lowest BCUT2D eigenvalue weighted by atomic mass is 10.3. The molecule has 1 N–H and O–H groups in total. The van der Waals surface area contributed by atoms with Crippen molar-refractivity contribution in [3.63, 3.8) is 0 Å². The van der Waals surface area contributed by atoms with Gasteiger partial charge in [0.05, 0.1) is 22.5 Å². The first kappa shape index (κ1) is 17.1. The van der Waals surface area contributed by atoms with E-state index >= 15 is 0 Å². The third-order valence-electron chi connectivity index (χ3n) is 3.80. The molecule has 1 aliphatic rings. The van der Waals surface area contributed by atoms with E-state index in [1.807, 2.05) is 6.07 Å². The molecule has 4 rings (SSSR count). The first-order valence-corrected chi connectivity index (χ1v) is 9.27. The van der Waals surface area contributed by atoms with Crippen LogP contribution < -0.4 is 10.1 Å². The Hall–Kier alpha value is -2.35. The number of thiophene rings is 1. The molecule has 0 spiro atoms. The van der Waals surface area contributed by atoms with Gasteiger partial charge in [0.15, 0.2) is 5.75 Å². The summed E-state index contributed by atoms with van der Waals surface area (Å²) in [7, 11) is 0. The Bertz CT molecular complexity index is 923. The third-order valence-corrected chi connectivity index (χ3v) is 5.04. The molecule has 6 nitrogen and oxygen atoms in total. The van der Waals surface area contributed by atoms with E-state index in [4.69, 9.17) is 25.8 Å². The monoisotopic (exact) mass is 390 g/mol. The van der Waals surface area contributed by atoms with Crippen molar-refractivity contribution in [1.82, 2.24) is 4.98 Å². The Balaban J connectivity index is 1.51. The highest BCUT2D eigenvalue weighted by Crippen LogP contribution is 2.37. The van der Waals surface area contributed by atoms with Gasteiger partial charge in [-0.25, -0.2) is 4.79 Å². The van der Waals surface area contributed by atoms with E-state index in [2.05, 4.69) is 10.3 Å². The van der Waals surface area contributed by atoms with Gasteiger partial charge in [-0.05, 0) is 36.8 Å². The second kappa shape index (κ2) is 7.49. The quantitative estimate of drug-likeness (QED) is 0.643. The number of pyridine rings is 1. The Morgan fingerprint density at radius 1 is 1.31 bits per heavy atom. The number of hydrogen-bond donors (Lipinski definition) is 1. The fourth-order valence-electron chi connectivity index (χ4n) is 2.60. The predicted octanol–water partition coefficient (Wildman–Crippen LogP) is 5.43. The van der Waals surface area contributed by atoms with Gasteiger partial charge < -0.3 is 14.2 Å². The fraction of sp³-hybridized carbons (Fsp3) is 0.222. The minimum Gasteiger partial charge on any atom is -0.455 e. The van der Waals surface area contributed by atoms with Gasteiger partial charge >= 0.3 is 6.09 Å². The van der Waals surface area contributed by atoms with Crippen LogP contribution >= 0.6 is 22.9 Å². The second-order valence-electron chi connectivity index (χ2n) is 5.69. The van der Waals surface area contributed by atoms with Crippen molar-refractivity contribution in [2.45, 2.75) is 19.1 Å². The molecule has 0 radical (unpaired) electrons. The average molecular weight is 391 g/mol. The van der Waals surface area contributed by atoms with Crippen LogP contribution in [0.2, 0.25) is 5.02 Å². The summed E-state index contributed by atoms with van der Waals surface area (Å²) in [6.45, 7) is 0.623. The van der Waals surface area contributed by atoms with Crippen LogP contribution in [0.15, 0.2) is 42.7 Å². The summed E-state index contributed by atoms with van der Waals surface area (Å²) < 4.78 is 17.3. The average Bonchev–Trinajstić information content (AvgIpc) is 3.26. The van der Waals surface area contributed by atoms with Crippen molar-refractivity contribution in [2.75, 3.05) is 11.9 Å². The molecular formula is C18H15ClN2O4S. The number of halogens is 1. The zero-order valence-electron chi connectivity index (χ0n) is 13.6. The number of ether oxygens (including phenoxy) is 3. The van der Waals surface area contributed by atoms with Crippen molar-refractivity contribution in [1.29, 1.82) is 0 Å². The van der Waals surface area contributed by atoms with Crippen molar-refractivity contribution in [3.05, 3.63) is 47.7 Å². The van der Waals surface area contributed by atoms with Crippen LogP contribution in [0, 0.1) is 0 Å². The lowest BCUT2D eigenvalue weighted by Crippen LogP contribution is -2.21. The molecule has 0 aliphatic carbocycles. The van der Waals surface area contributed by atoms with E-state index in [-0.39, 0.29) is 0 Å². The smallest absolute Gasteiger partial charge is 0.414 e. The van der Waals surface area contributed by atoms with Crippen molar-refractivity contribution < 1.29 is 19.0 Å². The molecule has 1 aliphatic heterocycles. The first-order valence-electron chi connectivity index (χ1n) is 8.07.